The Hall–Kier alpha value is -1.32. The van der Waals surface area contributed by atoms with Crippen molar-refractivity contribution < 1.29 is 0 Å². The topological polar surface area (TPSA) is 55.0 Å². The molecule has 1 aliphatic heterocycles. The van der Waals surface area contributed by atoms with Gasteiger partial charge in [-0.2, -0.15) is 0 Å². The van der Waals surface area contributed by atoms with Crippen LogP contribution in [0.2, 0.25) is 0 Å². The maximum absolute atomic E-state index is 6.08. The molecule has 2 N–H and O–H groups in total. The number of nitrogen functional groups attached to an aromatic ring is 1. The first kappa shape index (κ1) is 12.7. The molecule has 19 heavy (non-hydrogen) atoms. The lowest BCUT2D eigenvalue weighted by Crippen LogP contribution is -2.36. The Morgan fingerprint density at radius 3 is 2.74 bits per heavy atom. The number of nitrogens with two attached hydrogens (primary N) is 1. The van der Waals surface area contributed by atoms with Crippen molar-refractivity contribution in [2.24, 2.45) is 5.92 Å². The van der Waals surface area contributed by atoms with Crippen LogP contribution in [0.25, 0.3) is 0 Å². The highest BCUT2D eigenvalue weighted by Gasteiger charge is 2.29. The minimum absolute atomic E-state index is 0.563. The molecule has 1 atom stereocenters. The van der Waals surface area contributed by atoms with Crippen molar-refractivity contribution in [3.63, 3.8) is 0 Å². The number of nitrogens with zero attached hydrogens (tertiary/aromatic N) is 3. The lowest BCUT2D eigenvalue weighted by Gasteiger charge is -2.34. The molecule has 0 radical (unpaired) electrons. The summed E-state index contributed by atoms with van der Waals surface area (Å²) in [5.41, 5.74) is 7.14. The molecule has 104 valence electrons. The molecule has 3 rings (SSSR count). The molecule has 2 aliphatic rings. The summed E-state index contributed by atoms with van der Waals surface area (Å²) < 4.78 is 0. The average Bonchev–Trinajstić information content (AvgIpc) is 3.26. The van der Waals surface area contributed by atoms with Gasteiger partial charge in [0, 0.05) is 24.6 Å². The van der Waals surface area contributed by atoms with Crippen LogP contribution in [-0.4, -0.2) is 23.1 Å². The summed E-state index contributed by atoms with van der Waals surface area (Å²) in [5, 5.41) is 0. The molecule has 2 fully saturated rings. The van der Waals surface area contributed by atoms with Gasteiger partial charge in [0.2, 0.25) is 0 Å². The van der Waals surface area contributed by atoms with Crippen LogP contribution in [0.4, 0.5) is 11.6 Å². The van der Waals surface area contributed by atoms with E-state index in [1.807, 2.05) is 0 Å². The van der Waals surface area contributed by atoms with Crippen LogP contribution in [0, 0.1) is 12.8 Å². The molecule has 1 aromatic rings. The average molecular weight is 260 g/mol. The predicted molar refractivity (Wildman–Crippen MR) is 78.4 cm³/mol. The van der Waals surface area contributed by atoms with Crippen molar-refractivity contribution in [2.45, 2.75) is 51.9 Å². The molecule has 0 amide bonds. The molecule has 1 aromatic heterocycles. The Morgan fingerprint density at radius 1 is 1.26 bits per heavy atom. The van der Waals surface area contributed by atoms with E-state index in [9.17, 15) is 0 Å². The Labute approximate surface area is 115 Å². The van der Waals surface area contributed by atoms with Gasteiger partial charge >= 0.3 is 0 Å². The second-order valence-electron chi connectivity index (χ2n) is 6.05. The van der Waals surface area contributed by atoms with E-state index in [0.29, 0.717) is 11.7 Å². The minimum Gasteiger partial charge on any atom is -0.383 e. The van der Waals surface area contributed by atoms with Crippen LogP contribution in [0.1, 0.15) is 56.3 Å². The molecule has 0 aromatic carbocycles. The summed E-state index contributed by atoms with van der Waals surface area (Å²) in [6, 6.07) is 0. The van der Waals surface area contributed by atoms with Crippen LogP contribution >= 0.6 is 0 Å². The summed E-state index contributed by atoms with van der Waals surface area (Å²) in [6.45, 7) is 6.57. The zero-order valence-corrected chi connectivity index (χ0v) is 12.0. The normalized spacial score (nSPS) is 23.7. The van der Waals surface area contributed by atoms with Crippen molar-refractivity contribution in [3.05, 3.63) is 11.4 Å². The number of rotatable bonds is 3. The van der Waals surface area contributed by atoms with E-state index in [0.717, 1.165) is 36.2 Å². The summed E-state index contributed by atoms with van der Waals surface area (Å²) in [6.07, 6.45) is 6.31. The van der Waals surface area contributed by atoms with Crippen molar-refractivity contribution in [3.8, 4) is 0 Å². The van der Waals surface area contributed by atoms with Gasteiger partial charge in [0.25, 0.3) is 0 Å². The third-order valence-electron chi connectivity index (χ3n) is 4.51. The highest BCUT2D eigenvalue weighted by atomic mass is 15.2. The summed E-state index contributed by atoms with van der Waals surface area (Å²) >= 11 is 0. The molecule has 1 aliphatic carbocycles. The fraction of sp³-hybridized carbons (Fsp3) is 0.733. The standard InChI is InChI=1S/C15H24N4/c1-3-11-5-4-8-19(9-11)15-10(2)13(16)17-14(18-15)12-6-7-12/h11-12H,3-9H2,1-2H3,(H2,16,17,18). The lowest BCUT2D eigenvalue weighted by atomic mass is 9.95. The first-order valence-corrected chi connectivity index (χ1v) is 7.58. The third-order valence-corrected chi connectivity index (χ3v) is 4.51. The van der Waals surface area contributed by atoms with E-state index >= 15 is 0 Å². The molecule has 1 unspecified atom stereocenters. The summed E-state index contributed by atoms with van der Waals surface area (Å²) in [5.74, 6) is 4.09. The van der Waals surface area contributed by atoms with Gasteiger partial charge in [-0.05, 0) is 38.5 Å². The zero-order valence-electron chi connectivity index (χ0n) is 12.0. The van der Waals surface area contributed by atoms with Crippen molar-refractivity contribution in [2.75, 3.05) is 23.7 Å². The SMILES string of the molecule is CCC1CCCN(c2nc(C3CC3)nc(N)c2C)C1. The van der Waals surface area contributed by atoms with E-state index in [2.05, 4.69) is 23.7 Å². The van der Waals surface area contributed by atoms with E-state index in [-0.39, 0.29) is 0 Å². The van der Waals surface area contributed by atoms with Gasteiger partial charge in [-0.3, -0.25) is 0 Å². The Kier molecular flexibility index (Phi) is 3.33. The largest absolute Gasteiger partial charge is 0.383 e. The summed E-state index contributed by atoms with van der Waals surface area (Å²) in [7, 11) is 0. The molecule has 1 saturated carbocycles. The van der Waals surface area contributed by atoms with Crippen LogP contribution in [-0.2, 0) is 0 Å². The predicted octanol–water partition coefficient (Wildman–Crippen LogP) is 2.87. The number of anilines is 2. The lowest BCUT2D eigenvalue weighted by molar-refractivity contribution is 0.402. The van der Waals surface area contributed by atoms with Crippen LogP contribution in [0.15, 0.2) is 0 Å². The summed E-state index contributed by atoms with van der Waals surface area (Å²) in [4.78, 5) is 11.7. The quantitative estimate of drug-likeness (QED) is 0.908. The van der Waals surface area contributed by atoms with Gasteiger partial charge in [0.1, 0.15) is 17.5 Å². The van der Waals surface area contributed by atoms with Gasteiger partial charge in [0.05, 0.1) is 0 Å². The molecule has 4 nitrogen and oxygen atoms in total. The van der Waals surface area contributed by atoms with Gasteiger partial charge in [-0.25, -0.2) is 9.97 Å². The Bertz CT molecular complexity index is 467. The highest BCUT2D eigenvalue weighted by molar-refractivity contribution is 5.57. The second-order valence-corrected chi connectivity index (χ2v) is 6.05. The van der Waals surface area contributed by atoms with Crippen LogP contribution in [0.5, 0.6) is 0 Å². The van der Waals surface area contributed by atoms with E-state index in [4.69, 9.17) is 10.7 Å². The van der Waals surface area contributed by atoms with E-state index < -0.39 is 0 Å². The Morgan fingerprint density at radius 2 is 2.05 bits per heavy atom. The number of hydrogen-bond acceptors (Lipinski definition) is 4. The van der Waals surface area contributed by atoms with Crippen molar-refractivity contribution >= 4 is 11.6 Å². The highest BCUT2D eigenvalue weighted by Crippen LogP contribution is 2.40. The molecule has 0 bridgehead atoms. The fourth-order valence-electron chi connectivity index (χ4n) is 2.96. The van der Waals surface area contributed by atoms with Crippen LogP contribution < -0.4 is 10.6 Å². The van der Waals surface area contributed by atoms with Crippen molar-refractivity contribution in [1.29, 1.82) is 0 Å². The molecule has 2 heterocycles. The number of piperidine rings is 1. The monoisotopic (exact) mass is 260 g/mol. The fourth-order valence-corrected chi connectivity index (χ4v) is 2.96. The molecule has 1 saturated heterocycles. The second kappa shape index (κ2) is 4.99. The zero-order chi connectivity index (χ0) is 13.4. The molecular formula is C15H24N4. The maximum Gasteiger partial charge on any atom is 0.137 e. The number of aromatic nitrogens is 2. The van der Waals surface area contributed by atoms with E-state index in [1.165, 1.54) is 32.1 Å². The first-order valence-electron chi connectivity index (χ1n) is 7.58. The van der Waals surface area contributed by atoms with Gasteiger partial charge in [-0.1, -0.05) is 13.3 Å². The third kappa shape index (κ3) is 2.53. The molecular weight excluding hydrogens is 236 g/mol. The molecule has 0 spiro atoms. The first-order chi connectivity index (χ1) is 9.19. The van der Waals surface area contributed by atoms with Gasteiger partial charge in [-0.15, -0.1) is 0 Å². The van der Waals surface area contributed by atoms with Crippen molar-refractivity contribution in [1.82, 2.24) is 9.97 Å². The van der Waals surface area contributed by atoms with E-state index in [1.54, 1.807) is 0 Å². The molecule has 4 heteroatoms. The number of hydrogen-bond donors (Lipinski definition) is 1. The van der Waals surface area contributed by atoms with Gasteiger partial charge < -0.3 is 10.6 Å². The maximum atomic E-state index is 6.08. The Balaban J connectivity index is 1.89. The van der Waals surface area contributed by atoms with Crippen LogP contribution in [0.3, 0.4) is 0 Å². The smallest absolute Gasteiger partial charge is 0.137 e. The van der Waals surface area contributed by atoms with Gasteiger partial charge in [0.15, 0.2) is 0 Å². The minimum atomic E-state index is 0.563.